The van der Waals surface area contributed by atoms with Gasteiger partial charge in [0.2, 0.25) is 0 Å². The molecular weight excluding hydrogens is 304 g/mol. The van der Waals surface area contributed by atoms with Crippen LogP contribution in [0.4, 0.5) is 0 Å². The first-order chi connectivity index (χ1) is 9.15. The summed E-state index contributed by atoms with van der Waals surface area (Å²) in [6.45, 7) is 2.25. The van der Waals surface area contributed by atoms with E-state index in [0.717, 1.165) is 34.5 Å². The van der Waals surface area contributed by atoms with Gasteiger partial charge in [0, 0.05) is 10.0 Å². The molecule has 1 aromatic carbocycles. The summed E-state index contributed by atoms with van der Waals surface area (Å²) in [4.78, 5) is 0. The van der Waals surface area contributed by atoms with E-state index in [2.05, 4.69) is 22.9 Å². The summed E-state index contributed by atoms with van der Waals surface area (Å²) in [7, 11) is 1.66. The molecule has 0 heterocycles. The van der Waals surface area contributed by atoms with E-state index < -0.39 is 6.10 Å². The first-order valence-corrected chi connectivity index (χ1v) is 7.96. The fraction of sp³-hybridized carbons (Fsp3) is 0.625. The maximum atomic E-state index is 10.7. The number of methoxy groups -OCH3 is 1. The maximum absolute atomic E-state index is 10.7. The Morgan fingerprint density at radius 1 is 1.42 bits per heavy atom. The average Bonchev–Trinajstić information content (AvgIpc) is 2.46. The molecule has 1 fully saturated rings. The molecule has 0 radical (unpaired) electrons. The van der Waals surface area contributed by atoms with E-state index in [9.17, 15) is 5.11 Å². The van der Waals surface area contributed by atoms with Crippen LogP contribution >= 0.6 is 15.9 Å². The number of rotatable bonds is 4. The molecule has 1 saturated carbocycles. The largest absolute Gasteiger partial charge is 0.496 e. The summed E-state index contributed by atoms with van der Waals surface area (Å²) >= 11 is 3.48. The highest BCUT2D eigenvalue weighted by Gasteiger charge is 2.29. The van der Waals surface area contributed by atoms with E-state index in [1.165, 1.54) is 19.3 Å². The third kappa shape index (κ3) is 3.51. The van der Waals surface area contributed by atoms with E-state index in [-0.39, 0.29) is 0 Å². The second-order valence-electron chi connectivity index (χ2n) is 5.53. The molecule has 0 amide bonds. The lowest BCUT2D eigenvalue weighted by atomic mass is 9.76. The molecule has 1 aliphatic rings. The van der Waals surface area contributed by atoms with Gasteiger partial charge in [-0.2, -0.15) is 0 Å². The maximum Gasteiger partial charge on any atom is 0.124 e. The van der Waals surface area contributed by atoms with Crippen LogP contribution in [0.25, 0.3) is 0 Å². The van der Waals surface area contributed by atoms with Crippen molar-refractivity contribution in [3.8, 4) is 5.75 Å². The van der Waals surface area contributed by atoms with Gasteiger partial charge in [-0.05, 0) is 42.9 Å². The van der Waals surface area contributed by atoms with Gasteiger partial charge in [0.05, 0.1) is 13.2 Å². The van der Waals surface area contributed by atoms with Crippen molar-refractivity contribution < 1.29 is 9.84 Å². The molecule has 0 saturated heterocycles. The Balaban J connectivity index is 2.18. The summed E-state index contributed by atoms with van der Waals surface area (Å²) in [6, 6.07) is 5.85. The zero-order chi connectivity index (χ0) is 13.8. The molecule has 0 bridgehead atoms. The lowest BCUT2D eigenvalue weighted by Crippen LogP contribution is -2.21. The van der Waals surface area contributed by atoms with E-state index in [4.69, 9.17) is 4.74 Å². The van der Waals surface area contributed by atoms with Gasteiger partial charge in [-0.1, -0.05) is 42.1 Å². The second kappa shape index (κ2) is 6.76. The average molecular weight is 327 g/mol. The van der Waals surface area contributed by atoms with Gasteiger partial charge in [-0.15, -0.1) is 0 Å². The third-order valence-corrected chi connectivity index (χ3v) is 4.85. The van der Waals surface area contributed by atoms with Crippen LogP contribution in [0.3, 0.4) is 0 Å². The number of aliphatic hydroxyl groups is 1. The first-order valence-electron chi connectivity index (χ1n) is 7.17. The minimum Gasteiger partial charge on any atom is -0.496 e. The standard InChI is InChI=1S/C16H23BrO2/c1-3-11-5-4-6-12(9-11)16(18)14-10-13(17)7-8-15(14)19-2/h7-8,10-12,16,18H,3-6,9H2,1-2H3. The third-order valence-electron chi connectivity index (χ3n) is 4.36. The minimum absolute atomic E-state index is 0.363. The highest BCUT2D eigenvalue weighted by molar-refractivity contribution is 9.10. The van der Waals surface area contributed by atoms with Gasteiger partial charge >= 0.3 is 0 Å². The van der Waals surface area contributed by atoms with Crippen molar-refractivity contribution in [3.05, 3.63) is 28.2 Å². The van der Waals surface area contributed by atoms with Gasteiger partial charge in [0.25, 0.3) is 0 Å². The van der Waals surface area contributed by atoms with Gasteiger partial charge < -0.3 is 9.84 Å². The summed E-state index contributed by atoms with van der Waals surface area (Å²) < 4.78 is 6.38. The fourth-order valence-electron chi connectivity index (χ4n) is 3.18. The lowest BCUT2D eigenvalue weighted by Gasteiger charge is -2.32. The van der Waals surface area contributed by atoms with Gasteiger partial charge in [-0.25, -0.2) is 0 Å². The van der Waals surface area contributed by atoms with E-state index in [1.807, 2.05) is 18.2 Å². The summed E-state index contributed by atoms with van der Waals surface area (Å²) in [5, 5.41) is 10.7. The van der Waals surface area contributed by atoms with Crippen LogP contribution in [0, 0.1) is 11.8 Å². The van der Waals surface area contributed by atoms with E-state index >= 15 is 0 Å². The Morgan fingerprint density at radius 3 is 2.89 bits per heavy atom. The Morgan fingerprint density at radius 2 is 2.21 bits per heavy atom. The topological polar surface area (TPSA) is 29.5 Å². The van der Waals surface area contributed by atoms with Crippen molar-refractivity contribution >= 4 is 15.9 Å². The fourth-order valence-corrected chi connectivity index (χ4v) is 3.56. The molecule has 0 aliphatic heterocycles. The monoisotopic (exact) mass is 326 g/mol. The lowest BCUT2D eigenvalue weighted by molar-refractivity contribution is 0.0658. The molecule has 3 heteroatoms. The molecule has 3 atom stereocenters. The highest BCUT2D eigenvalue weighted by Crippen LogP contribution is 2.41. The van der Waals surface area contributed by atoms with Crippen LogP contribution in [-0.2, 0) is 0 Å². The normalized spacial score (nSPS) is 25.1. The Hall–Kier alpha value is -0.540. The predicted molar refractivity (Wildman–Crippen MR) is 81.4 cm³/mol. The Kier molecular flexibility index (Phi) is 5.28. The SMILES string of the molecule is CCC1CCCC(C(O)c2cc(Br)ccc2OC)C1. The van der Waals surface area contributed by atoms with Crippen molar-refractivity contribution in [1.82, 2.24) is 0 Å². The molecule has 2 rings (SSSR count). The van der Waals surface area contributed by atoms with Crippen LogP contribution in [0.5, 0.6) is 5.75 Å². The highest BCUT2D eigenvalue weighted by atomic mass is 79.9. The van der Waals surface area contributed by atoms with Crippen LogP contribution < -0.4 is 4.74 Å². The zero-order valence-corrected chi connectivity index (χ0v) is 13.3. The van der Waals surface area contributed by atoms with Crippen molar-refractivity contribution in [2.75, 3.05) is 7.11 Å². The summed E-state index contributed by atoms with van der Waals surface area (Å²) in [6.07, 6.45) is 5.60. The molecule has 1 N–H and O–H groups in total. The summed E-state index contributed by atoms with van der Waals surface area (Å²) in [5.41, 5.74) is 0.915. The van der Waals surface area contributed by atoms with Crippen LogP contribution in [0.1, 0.15) is 50.7 Å². The number of hydrogen-bond donors (Lipinski definition) is 1. The number of hydrogen-bond acceptors (Lipinski definition) is 2. The predicted octanol–water partition coefficient (Wildman–Crippen LogP) is 4.71. The van der Waals surface area contributed by atoms with Gasteiger partial charge in [0.15, 0.2) is 0 Å². The number of aliphatic hydroxyl groups excluding tert-OH is 1. The van der Waals surface area contributed by atoms with Crippen LogP contribution in [-0.4, -0.2) is 12.2 Å². The molecule has 19 heavy (non-hydrogen) atoms. The molecule has 2 nitrogen and oxygen atoms in total. The van der Waals surface area contributed by atoms with Crippen molar-refractivity contribution in [2.24, 2.45) is 11.8 Å². The van der Waals surface area contributed by atoms with Crippen LogP contribution in [0.15, 0.2) is 22.7 Å². The van der Waals surface area contributed by atoms with Gasteiger partial charge in [-0.3, -0.25) is 0 Å². The first kappa shape index (κ1) is 14.9. The number of ether oxygens (including phenoxy) is 1. The van der Waals surface area contributed by atoms with E-state index in [0.29, 0.717) is 5.92 Å². The smallest absolute Gasteiger partial charge is 0.124 e. The quantitative estimate of drug-likeness (QED) is 0.868. The minimum atomic E-state index is -0.415. The Bertz CT molecular complexity index is 419. The van der Waals surface area contributed by atoms with Gasteiger partial charge in [0.1, 0.15) is 5.75 Å². The van der Waals surface area contributed by atoms with E-state index in [1.54, 1.807) is 7.11 Å². The molecule has 0 aromatic heterocycles. The molecular formula is C16H23BrO2. The Labute approximate surface area is 124 Å². The molecule has 0 spiro atoms. The van der Waals surface area contributed by atoms with Crippen LogP contribution in [0.2, 0.25) is 0 Å². The molecule has 3 unspecified atom stereocenters. The molecule has 106 valence electrons. The second-order valence-corrected chi connectivity index (χ2v) is 6.45. The summed E-state index contributed by atoms with van der Waals surface area (Å²) in [5.74, 6) is 1.92. The van der Waals surface area contributed by atoms with Crippen molar-refractivity contribution in [3.63, 3.8) is 0 Å². The van der Waals surface area contributed by atoms with Crippen molar-refractivity contribution in [1.29, 1.82) is 0 Å². The molecule has 1 aromatic rings. The van der Waals surface area contributed by atoms with Crippen molar-refractivity contribution in [2.45, 2.75) is 45.1 Å². The number of benzene rings is 1. The molecule has 1 aliphatic carbocycles. The number of halogens is 1. The zero-order valence-electron chi connectivity index (χ0n) is 11.7.